The van der Waals surface area contributed by atoms with Gasteiger partial charge in [0.1, 0.15) is 6.61 Å². The molecule has 0 bridgehead atoms. The number of carbonyl (C=O) groups is 1. The van der Waals surface area contributed by atoms with Gasteiger partial charge >= 0.3 is 5.97 Å². The molecule has 1 rings (SSSR count). The SMILES string of the molecule is C=C(C)C(=O)OCC=Cc1cc(OC)c(OC)c(OC)c1. The zero-order valence-corrected chi connectivity index (χ0v) is 12.8. The minimum absolute atomic E-state index is 0.169. The second-order valence-corrected chi connectivity index (χ2v) is 4.24. The molecule has 0 unspecified atom stereocenters. The third kappa shape index (κ3) is 4.56. The van der Waals surface area contributed by atoms with Gasteiger partial charge in [0, 0.05) is 5.57 Å². The molecule has 114 valence electrons. The molecule has 0 spiro atoms. The van der Waals surface area contributed by atoms with E-state index < -0.39 is 5.97 Å². The highest BCUT2D eigenvalue weighted by Crippen LogP contribution is 2.38. The Hall–Kier alpha value is -2.43. The molecule has 0 saturated heterocycles. The maximum Gasteiger partial charge on any atom is 0.333 e. The Morgan fingerprint density at radius 3 is 2.14 bits per heavy atom. The van der Waals surface area contributed by atoms with Crippen molar-refractivity contribution in [1.82, 2.24) is 0 Å². The van der Waals surface area contributed by atoms with Gasteiger partial charge in [-0.2, -0.15) is 0 Å². The van der Waals surface area contributed by atoms with E-state index in [2.05, 4.69) is 6.58 Å². The van der Waals surface area contributed by atoms with Gasteiger partial charge in [0.25, 0.3) is 0 Å². The van der Waals surface area contributed by atoms with E-state index in [0.29, 0.717) is 22.8 Å². The molecule has 1 aromatic carbocycles. The molecule has 0 saturated carbocycles. The summed E-state index contributed by atoms with van der Waals surface area (Å²) in [6, 6.07) is 3.61. The molecule has 5 nitrogen and oxygen atoms in total. The van der Waals surface area contributed by atoms with E-state index in [0.717, 1.165) is 5.56 Å². The normalized spacial score (nSPS) is 10.3. The number of esters is 1. The third-order valence-corrected chi connectivity index (χ3v) is 2.66. The number of methoxy groups -OCH3 is 3. The first-order valence-electron chi connectivity index (χ1n) is 6.32. The average molecular weight is 292 g/mol. The van der Waals surface area contributed by atoms with Gasteiger partial charge in [-0.15, -0.1) is 0 Å². The highest BCUT2D eigenvalue weighted by Gasteiger charge is 2.11. The lowest BCUT2D eigenvalue weighted by Crippen LogP contribution is -2.04. The van der Waals surface area contributed by atoms with Crippen LogP contribution in [0.3, 0.4) is 0 Å². The molecule has 0 atom stereocenters. The van der Waals surface area contributed by atoms with Crippen LogP contribution < -0.4 is 14.2 Å². The Morgan fingerprint density at radius 2 is 1.71 bits per heavy atom. The van der Waals surface area contributed by atoms with Crippen LogP contribution in [0.1, 0.15) is 12.5 Å². The Morgan fingerprint density at radius 1 is 1.14 bits per heavy atom. The second-order valence-electron chi connectivity index (χ2n) is 4.24. The summed E-state index contributed by atoms with van der Waals surface area (Å²) in [4.78, 5) is 11.2. The first kappa shape index (κ1) is 16.6. The maximum atomic E-state index is 11.2. The minimum Gasteiger partial charge on any atom is -0.493 e. The number of carbonyl (C=O) groups excluding carboxylic acids is 1. The van der Waals surface area contributed by atoms with E-state index in [1.165, 1.54) is 0 Å². The maximum absolute atomic E-state index is 11.2. The van der Waals surface area contributed by atoms with E-state index in [9.17, 15) is 4.79 Å². The zero-order valence-electron chi connectivity index (χ0n) is 12.8. The fraction of sp³-hybridized carbons (Fsp3) is 0.312. The zero-order chi connectivity index (χ0) is 15.8. The predicted molar refractivity (Wildman–Crippen MR) is 80.9 cm³/mol. The van der Waals surface area contributed by atoms with Crippen LogP contribution in [-0.4, -0.2) is 33.9 Å². The van der Waals surface area contributed by atoms with Crippen LogP contribution in [0, 0.1) is 0 Å². The van der Waals surface area contributed by atoms with Crippen LogP contribution in [0.5, 0.6) is 17.2 Å². The highest BCUT2D eigenvalue weighted by atomic mass is 16.5. The van der Waals surface area contributed by atoms with E-state index in [1.807, 2.05) is 0 Å². The van der Waals surface area contributed by atoms with Crippen LogP contribution in [-0.2, 0) is 9.53 Å². The summed E-state index contributed by atoms with van der Waals surface area (Å²) >= 11 is 0. The molecule has 1 aromatic rings. The van der Waals surface area contributed by atoms with Gasteiger partial charge < -0.3 is 18.9 Å². The summed E-state index contributed by atoms with van der Waals surface area (Å²) in [7, 11) is 4.66. The number of rotatable bonds is 7. The lowest BCUT2D eigenvalue weighted by molar-refractivity contribution is -0.137. The van der Waals surface area contributed by atoms with Gasteiger partial charge in [0.2, 0.25) is 5.75 Å². The van der Waals surface area contributed by atoms with E-state index in [1.54, 1.807) is 52.5 Å². The fourth-order valence-corrected chi connectivity index (χ4v) is 1.63. The predicted octanol–water partition coefficient (Wildman–Crippen LogP) is 2.84. The van der Waals surface area contributed by atoms with Gasteiger partial charge in [0.15, 0.2) is 11.5 Å². The molecular formula is C16H20O5. The molecule has 21 heavy (non-hydrogen) atoms. The first-order valence-corrected chi connectivity index (χ1v) is 6.32. The third-order valence-electron chi connectivity index (χ3n) is 2.66. The Bertz CT molecular complexity index is 521. The monoisotopic (exact) mass is 292 g/mol. The lowest BCUT2D eigenvalue weighted by Gasteiger charge is -2.12. The van der Waals surface area contributed by atoms with Crippen LogP contribution in [0.25, 0.3) is 6.08 Å². The Kier molecular flexibility index (Phi) is 6.33. The summed E-state index contributed by atoms with van der Waals surface area (Å²) in [6.45, 7) is 5.28. The van der Waals surface area contributed by atoms with Crippen LogP contribution >= 0.6 is 0 Å². The Labute approximate surface area is 124 Å². The molecule has 0 radical (unpaired) electrons. The summed E-state index contributed by atoms with van der Waals surface area (Å²) in [5.41, 5.74) is 1.21. The van der Waals surface area contributed by atoms with Crippen molar-refractivity contribution in [3.63, 3.8) is 0 Å². The van der Waals surface area contributed by atoms with Crippen molar-refractivity contribution >= 4 is 12.0 Å². The molecular weight excluding hydrogens is 272 g/mol. The first-order chi connectivity index (χ1) is 10.0. The smallest absolute Gasteiger partial charge is 0.333 e. The lowest BCUT2D eigenvalue weighted by atomic mass is 10.1. The molecule has 5 heteroatoms. The molecule has 0 heterocycles. The quantitative estimate of drug-likeness (QED) is 0.571. The minimum atomic E-state index is -0.412. The van der Waals surface area contributed by atoms with E-state index in [-0.39, 0.29) is 6.61 Å². The van der Waals surface area contributed by atoms with Crippen molar-refractivity contribution in [2.24, 2.45) is 0 Å². The van der Waals surface area contributed by atoms with Crippen molar-refractivity contribution in [3.8, 4) is 17.2 Å². The summed E-state index contributed by atoms with van der Waals surface area (Å²) in [5.74, 6) is 1.25. The van der Waals surface area contributed by atoms with Crippen LogP contribution in [0.2, 0.25) is 0 Å². The number of benzene rings is 1. The van der Waals surface area contributed by atoms with Gasteiger partial charge in [0.05, 0.1) is 21.3 Å². The summed E-state index contributed by atoms with van der Waals surface area (Å²) in [6.07, 6.45) is 3.53. The number of ether oxygens (including phenoxy) is 4. The van der Waals surface area contributed by atoms with Gasteiger partial charge in [-0.3, -0.25) is 0 Å². The number of hydrogen-bond acceptors (Lipinski definition) is 5. The molecule has 0 aromatic heterocycles. The summed E-state index contributed by atoms with van der Waals surface area (Å²) in [5, 5.41) is 0. The van der Waals surface area contributed by atoms with Crippen molar-refractivity contribution in [2.45, 2.75) is 6.92 Å². The van der Waals surface area contributed by atoms with Crippen molar-refractivity contribution in [3.05, 3.63) is 35.9 Å². The standard InChI is InChI=1S/C16H20O5/c1-11(2)16(17)21-8-6-7-12-9-13(18-3)15(20-5)14(10-12)19-4/h6-7,9-10H,1,8H2,2-5H3. The number of hydrogen-bond donors (Lipinski definition) is 0. The molecule has 0 aliphatic rings. The molecule has 0 aliphatic heterocycles. The van der Waals surface area contributed by atoms with Crippen LogP contribution in [0.15, 0.2) is 30.4 Å². The molecule has 0 N–H and O–H groups in total. The highest BCUT2D eigenvalue weighted by molar-refractivity contribution is 5.87. The molecule has 0 fully saturated rings. The van der Waals surface area contributed by atoms with Gasteiger partial charge in [-0.1, -0.05) is 12.7 Å². The second kappa shape index (κ2) is 7.99. The van der Waals surface area contributed by atoms with Crippen molar-refractivity contribution in [1.29, 1.82) is 0 Å². The van der Waals surface area contributed by atoms with Crippen molar-refractivity contribution in [2.75, 3.05) is 27.9 Å². The summed E-state index contributed by atoms with van der Waals surface area (Å²) < 4.78 is 20.7. The topological polar surface area (TPSA) is 54.0 Å². The Balaban J connectivity index is 2.84. The van der Waals surface area contributed by atoms with Crippen LogP contribution in [0.4, 0.5) is 0 Å². The van der Waals surface area contributed by atoms with Gasteiger partial charge in [-0.25, -0.2) is 4.79 Å². The molecule has 0 amide bonds. The van der Waals surface area contributed by atoms with Crippen molar-refractivity contribution < 1.29 is 23.7 Å². The van der Waals surface area contributed by atoms with E-state index >= 15 is 0 Å². The molecule has 0 aliphatic carbocycles. The average Bonchev–Trinajstić information content (AvgIpc) is 2.49. The van der Waals surface area contributed by atoms with E-state index in [4.69, 9.17) is 18.9 Å². The fourth-order valence-electron chi connectivity index (χ4n) is 1.63. The van der Waals surface area contributed by atoms with Gasteiger partial charge in [-0.05, 0) is 30.7 Å². The largest absolute Gasteiger partial charge is 0.493 e.